The number of hydrogen-bond donors (Lipinski definition) is 0. The van der Waals surface area contributed by atoms with Crippen LogP contribution in [0.4, 0.5) is 0 Å². The molecule has 0 unspecified atom stereocenters. The van der Waals surface area contributed by atoms with Gasteiger partial charge >= 0.3 is 0 Å². The third kappa shape index (κ3) is 1.58. The van der Waals surface area contributed by atoms with Crippen LogP contribution in [-0.2, 0) is 0 Å². The van der Waals surface area contributed by atoms with Crippen molar-refractivity contribution in [3.8, 4) is 11.1 Å². The molecule has 0 saturated carbocycles. The lowest BCUT2D eigenvalue weighted by Gasteiger charge is -2.06. The lowest BCUT2D eigenvalue weighted by Crippen LogP contribution is -1.83. The van der Waals surface area contributed by atoms with Gasteiger partial charge in [-0.1, -0.05) is 23.7 Å². The highest BCUT2D eigenvalue weighted by atomic mass is 35.5. The van der Waals surface area contributed by atoms with E-state index in [4.69, 9.17) is 11.6 Å². The number of aryl methyl sites for hydroxylation is 1. The Balaban J connectivity index is 2.63. The maximum Gasteiger partial charge on any atom is 0.0441 e. The van der Waals surface area contributed by atoms with Gasteiger partial charge in [0.15, 0.2) is 0 Å². The number of hydrogen-bond acceptors (Lipinski definition) is 1. The fourth-order valence-corrected chi connectivity index (χ4v) is 2.56. The van der Waals surface area contributed by atoms with E-state index in [1.54, 1.807) is 11.3 Å². The maximum atomic E-state index is 6.09. The first kappa shape index (κ1) is 9.75. The molecule has 1 aromatic heterocycles. The van der Waals surface area contributed by atoms with E-state index in [1.165, 1.54) is 16.7 Å². The molecule has 1 aromatic carbocycles. The zero-order valence-electron chi connectivity index (χ0n) is 8.17. The van der Waals surface area contributed by atoms with Crippen molar-refractivity contribution in [1.82, 2.24) is 0 Å². The van der Waals surface area contributed by atoms with Gasteiger partial charge in [-0.05, 0) is 52.9 Å². The van der Waals surface area contributed by atoms with E-state index in [1.807, 2.05) is 12.1 Å². The van der Waals surface area contributed by atoms with Gasteiger partial charge in [0.2, 0.25) is 0 Å². The SMILES string of the molecule is Cc1cscc1-c1cccc(Cl)c1C. The van der Waals surface area contributed by atoms with Gasteiger partial charge in [-0.2, -0.15) is 11.3 Å². The summed E-state index contributed by atoms with van der Waals surface area (Å²) in [6.45, 7) is 4.20. The average molecular weight is 223 g/mol. The van der Waals surface area contributed by atoms with Crippen LogP contribution in [0.2, 0.25) is 5.02 Å². The minimum atomic E-state index is 0.841. The third-order valence-electron chi connectivity index (χ3n) is 2.41. The van der Waals surface area contributed by atoms with E-state index in [0.717, 1.165) is 10.6 Å². The van der Waals surface area contributed by atoms with E-state index < -0.39 is 0 Å². The largest absolute Gasteiger partial charge is 0.151 e. The minimum absolute atomic E-state index is 0.841. The molecule has 14 heavy (non-hydrogen) atoms. The van der Waals surface area contributed by atoms with Gasteiger partial charge in [0.05, 0.1) is 0 Å². The molecular weight excluding hydrogens is 212 g/mol. The van der Waals surface area contributed by atoms with Gasteiger partial charge in [0.25, 0.3) is 0 Å². The van der Waals surface area contributed by atoms with Gasteiger partial charge in [0, 0.05) is 5.02 Å². The number of halogens is 1. The molecule has 72 valence electrons. The quantitative estimate of drug-likeness (QED) is 0.657. The molecule has 0 saturated heterocycles. The Bertz CT molecular complexity index is 457. The summed E-state index contributed by atoms with van der Waals surface area (Å²) in [6, 6.07) is 6.06. The standard InChI is InChI=1S/C12H11ClS/c1-8-6-14-7-11(8)10-4-3-5-12(13)9(10)2/h3-7H,1-2H3. The van der Waals surface area contributed by atoms with Crippen LogP contribution in [-0.4, -0.2) is 0 Å². The van der Waals surface area contributed by atoms with Crippen molar-refractivity contribution in [2.24, 2.45) is 0 Å². The number of rotatable bonds is 1. The predicted octanol–water partition coefficient (Wildman–Crippen LogP) is 4.69. The zero-order valence-corrected chi connectivity index (χ0v) is 9.75. The second-order valence-electron chi connectivity index (χ2n) is 3.38. The Morgan fingerprint density at radius 3 is 2.50 bits per heavy atom. The Morgan fingerprint density at radius 1 is 1.07 bits per heavy atom. The summed E-state index contributed by atoms with van der Waals surface area (Å²) in [5.41, 5.74) is 5.03. The Morgan fingerprint density at radius 2 is 1.86 bits per heavy atom. The van der Waals surface area contributed by atoms with Gasteiger partial charge < -0.3 is 0 Å². The van der Waals surface area contributed by atoms with Gasteiger partial charge in [-0.3, -0.25) is 0 Å². The number of thiophene rings is 1. The highest BCUT2D eigenvalue weighted by Crippen LogP contribution is 2.32. The molecule has 2 aromatic rings. The molecule has 1 heterocycles. The molecule has 0 bridgehead atoms. The Labute approximate surface area is 93.2 Å². The van der Waals surface area contributed by atoms with E-state index in [2.05, 4.69) is 30.7 Å². The molecule has 0 radical (unpaired) electrons. The van der Waals surface area contributed by atoms with Crippen LogP contribution < -0.4 is 0 Å². The topological polar surface area (TPSA) is 0 Å². The van der Waals surface area contributed by atoms with Crippen molar-refractivity contribution >= 4 is 22.9 Å². The fraction of sp³-hybridized carbons (Fsp3) is 0.167. The fourth-order valence-electron chi connectivity index (χ4n) is 1.54. The van der Waals surface area contributed by atoms with Crippen molar-refractivity contribution < 1.29 is 0 Å². The zero-order chi connectivity index (χ0) is 10.1. The van der Waals surface area contributed by atoms with Crippen LogP contribution in [0.5, 0.6) is 0 Å². The first-order valence-corrected chi connectivity index (χ1v) is 5.80. The van der Waals surface area contributed by atoms with Crippen LogP contribution in [0.3, 0.4) is 0 Å². The van der Waals surface area contributed by atoms with Gasteiger partial charge in [-0.25, -0.2) is 0 Å². The molecule has 0 atom stereocenters. The summed E-state index contributed by atoms with van der Waals surface area (Å²) in [5.74, 6) is 0. The van der Waals surface area contributed by atoms with Crippen molar-refractivity contribution in [2.75, 3.05) is 0 Å². The predicted molar refractivity (Wildman–Crippen MR) is 64.2 cm³/mol. The first-order chi connectivity index (χ1) is 6.70. The van der Waals surface area contributed by atoms with E-state index in [9.17, 15) is 0 Å². The summed E-state index contributed by atoms with van der Waals surface area (Å²) in [6.07, 6.45) is 0. The molecule has 0 spiro atoms. The molecule has 0 N–H and O–H groups in total. The molecule has 2 rings (SSSR count). The molecule has 0 aliphatic carbocycles. The Hall–Kier alpha value is -0.790. The van der Waals surface area contributed by atoms with Crippen molar-refractivity contribution in [1.29, 1.82) is 0 Å². The Kier molecular flexibility index (Phi) is 2.62. The summed E-state index contributed by atoms with van der Waals surface area (Å²) >= 11 is 7.82. The van der Waals surface area contributed by atoms with Crippen LogP contribution in [0.25, 0.3) is 11.1 Å². The molecular formula is C12H11ClS. The smallest absolute Gasteiger partial charge is 0.0441 e. The van der Waals surface area contributed by atoms with Crippen LogP contribution in [0.15, 0.2) is 29.0 Å². The summed E-state index contributed by atoms with van der Waals surface area (Å²) in [5, 5.41) is 5.18. The molecule has 0 nitrogen and oxygen atoms in total. The second kappa shape index (κ2) is 3.76. The minimum Gasteiger partial charge on any atom is -0.151 e. The first-order valence-electron chi connectivity index (χ1n) is 4.48. The second-order valence-corrected chi connectivity index (χ2v) is 4.53. The highest BCUT2D eigenvalue weighted by molar-refractivity contribution is 7.08. The monoisotopic (exact) mass is 222 g/mol. The average Bonchev–Trinajstić information content (AvgIpc) is 2.57. The number of benzene rings is 1. The molecule has 0 amide bonds. The molecule has 0 fully saturated rings. The summed E-state index contributed by atoms with van der Waals surface area (Å²) < 4.78 is 0. The maximum absolute atomic E-state index is 6.09. The lowest BCUT2D eigenvalue weighted by atomic mass is 10.0. The third-order valence-corrected chi connectivity index (χ3v) is 3.68. The normalized spacial score (nSPS) is 10.5. The van der Waals surface area contributed by atoms with Gasteiger partial charge in [-0.15, -0.1) is 0 Å². The van der Waals surface area contributed by atoms with E-state index in [-0.39, 0.29) is 0 Å². The van der Waals surface area contributed by atoms with Crippen molar-refractivity contribution in [3.05, 3.63) is 45.1 Å². The van der Waals surface area contributed by atoms with Crippen LogP contribution in [0, 0.1) is 13.8 Å². The van der Waals surface area contributed by atoms with Crippen molar-refractivity contribution in [2.45, 2.75) is 13.8 Å². The lowest BCUT2D eigenvalue weighted by molar-refractivity contribution is 1.44. The molecule has 2 heteroatoms. The highest BCUT2D eigenvalue weighted by Gasteiger charge is 2.07. The van der Waals surface area contributed by atoms with Crippen molar-refractivity contribution in [3.63, 3.8) is 0 Å². The van der Waals surface area contributed by atoms with E-state index >= 15 is 0 Å². The summed E-state index contributed by atoms with van der Waals surface area (Å²) in [4.78, 5) is 0. The van der Waals surface area contributed by atoms with E-state index in [0.29, 0.717) is 0 Å². The van der Waals surface area contributed by atoms with Crippen LogP contribution >= 0.6 is 22.9 Å². The molecule has 0 aliphatic rings. The van der Waals surface area contributed by atoms with Crippen LogP contribution in [0.1, 0.15) is 11.1 Å². The molecule has 0 aliphatic heterocycles. The van der Waals surface area contributed by atoms with Gasteiger partial charge in [0.1, 0.15) is 0 Å². The summed E-state index contributed by atoms with van der Waals surface area (Å²) in [7, 11) is 0.